The molecule has 6 heteroatoms. The minimum absolute atomic E-state index is 0.0555. The molecule has 1 atom stereocenters. The van der Waals surface area contributed by atoms with Gasteiger partial charge in [-0.05, 0) is 49.0 Å². The van der Waals surface area contributed by atoms with Gasteiger partial charge in [-0.25, -0.2) is 4.39 Å². The summed E-state index contributed by atoms with van der Waals surface area (Å²) in [5.74, 6) is 0.482. The second kappa shape index (κ2) is 5.57. The second-order valence-electron chi connectivity index (χ2n) is 4.69. The average molecular weight is 300 g/mol. The zero-order valence-electron chi connectivity index (χ0n) is 11.3. The Kier molecular flexibility index (Phi) is 3.62. The highest BCUT2D eigenvalue weighted by Crippen LogP contribution is 2.25. The summed E-state index contributed by atoms with van der Waals surface area (Å²) in [6, 6.07) is 10.1. The molecule has 2 aromatic heterocycles. The summed E-state index contributed by atoms with van der Waals surface area (Å²) in [6.45, 7) is 2.00. The number of hydrogen-bond donors (Lipinski definition) is 1. The van der Waals surface area contributed by atoms with E-state index in [0.717, 1.165) is 17.0 Å². The Bertz CT molecular complexity index is 793. The van der Waals surface area contributed by atoms with Crippen molar-refractivity contribution in [2.24, 2.45) is 0 Å². The number of nitrogens with zero attached hydrogens (tertiary/aromatic N) is 3. The molecule has 0 fully saturated rings. The highest BCUT2D eigenvalue weighted by atomic mass is 32.1. The van der Waals surface area contributed by atoms with Crippen molar-refractivity contribution >= 4 is 12.2 Å². The van der Waals surface area contributed by atoms with Crippen molar-refractivity contribution in [1.82, 2.24) is 19.7 Å². The Morgan fingerprint density at radius 3 is 2.48 bits per heavy atom. The van der Waals surface area contributed by atoms with Crippen molar-refractivity contribution in [1.29, 1.82) is 0 Å². The molecule has 3 rings (SSSR count). The molecule has 106 valence electrons. The highest BCUT2D eigenvalue weighted by Gasteiger charge is 2.16. The van der Waals surface area contributed by atoms with Gasteiger partial charge < -0.3 is 0 Å². The number of hydrogen-bond acceptors (Lipinski definition) is 3. The van der Waals surface area contributed by atoms with Crippen LogP contribution in [0.4, 0.5) is 4.39 Å². The molecule has 0 bridgehead atoms. The van der Waals surface area contributed by atoms with Crippen LogP contribution in [0, 0.1) is 10.6 Å². The molecular weight excluding hydrogens is 287 g/mol. The predicted octanol–water partition coefficient (Wildman–Crippen LogP) is 3.75. The van der Waals surface area contributed by atoms with Gasteiger partial charge in [-0.3, -0.25) is 14.6 Å². The molecule has 0 aliphatic heterocycles. The lowest BCUT2D eigenvalue weighted by molar-refractivity contribution is 0.614. The van der Waals surface area contributed by atoms with E-state index in [0.29, 0.717) is 4.77 Å². The molecule has 0 saturated carbocycles. The zero-order chi connectivity index (χ0) is 14.8. The second-order valence-corrected chi connectivity index (χ2v) is 5.07. The first-order chi connectivity index (χ1) is 10.2. The fourth-order valence-corrected chi connectivity index (χ4v) is 2.55. The largest absolute Gasteiger partial charge is 0.293 e. The van der Waals surface area contributed by atoms with Crippen LogP contribution in [-0.4, -0.2) is 19.7 Å². The minimum Gasteiger partial charge on any atom is -0.293 e. The fraction of sp³-hybridized carbons (Fsp3) is 0.133. The predicted molar refractivity (Wildman–Crippen MR) is 80.9 cm³/mol. The lowest BCUT2D eigenvalue weighted by Crippen LogP contribution is -2.09. The van der Waals surface area contributed by atoms with E-state index in [2.05, 4.69) is 15.2 Å². The summed E-state index contributed by atoms with van der Waals surface area (Å²) < 4.78 is 15.5. The molecule has 0 amide bonds. The number of aromatic nitrogens is 4. The van der Waals surface area contributed by atoms with Crippen molar-refractivity contribution in [2.75, 3.05) is 0 Å². The maximum Gasteiger partial charge on any atom is 0.196 e. The summed E-state index contributed by atoms with van der Waals surface area (Å²) in [4.78, 5) is 4.01. The van der Waals surface area contributed by atoms with Gasteiger partial charge in [0.15, 0.2) is 10.6 Å². The summed E-state index contributed by atoms with van der Waals surface area (Å²) in [5, 5.41) is 7.11. The standard InChI is InChI=1S/C15H13FN4S/c1-10(11-2-4-13(16)5-3-11)20-14(18-19-15(20)21)12-6-8-17-9-7-12/h2-10H,1H3,(H,19,21). The Morgan fingerprint density at radius 1 is 1.14 bits per heavy atom. The van der Waals surface area contributed by atoms with Gasteiger partial charge in [-0.1, -0.05) is 12.1 Å². The van der Waals surface area contributed by atoms with Crippen molar-refractivity contribution in [3.63, 3.8) is 0 Å². The maximum absolute atomic E-state index is 13.1. The molecule has 4 nitrogen and oxygen atoms in total. The Labute approximate surface area is 126 Å². The Hall–Kier alpha value is -2.34. The van der Waals surface area contributed by atoms with Crippen LogP contribution in [-0.2, 0) is 0 Å². The maximum atomic E-state index is 13.1. The number of nitrogens with one attached hydrogen (secondary N) is 1. The Balaban J connectivity index is 2.08. The third-order valence-electron chi connectivity index (χ3n) is 3.38. The van der Waals surface area contributed by atoms with E-state index < -0.39 is 0 Å². The van der Waals surface area contributed by atoms with Crippen LogP contribution >= 0.6 is 12.2 Å². The molecule has 0 aliphatic carbocycles. The number of halogens is 1. The number of H-pyrrole nitrogens is 1. The quantitative estimate of drug-likeness (QED) is 0.749. The minimum atomic E-state index is -0.254. The molecule has 0 aliphatic rings. The molecule has 1 aromatic carbocycles. The average Bonchev–Trinajstić information content (AvgIpc) is 2.90. The topological polar surface area (TPSA) is 46.5 Å². The van der Waals surface area contributed by atoms with Crippen LogP contribution in [0.3, 0.4) is 0 Å². The fourth-order valence-electron chi connectivity index (χ4n) is 2.26. The summed E-state index contributed by atoms with van der Waals surface area (Å²) in [6.07, 6.45) is 3.42. The molecule has 0 radical (unpaired) electrons. The van der Waals surface area contributed by atoms with E-state index in [-0.39, 0.29) is 11.9 Å². The number of pyridine rings is 1. The number of rotatable bonds is 3. The SMILES string of the molecule is CC(c1ccc(F)cc1)n1c(-c2ccncc2)n[nH]c1=S. The van der Waals surface area contributed by atoms with Crippen LogP contribution < -0.4 is 0 Å². The first kappa shape index (κ1) is 13.6. The van der Waals surface area contributed by atoms with Crippen LogP contribution in [0.5, 0.6) is 0 Å². The van der Waals surface area contributed by atoms with Gasteiger partial charge >= 0.3 is 0 Å². The summed E-state index contributed by atoms with van der Waals surface area (Å²) in [7, 11) is 0. The molecule has 0 spiro atoms. The number of benzene rings is 1. The van der Waals surface area contributed by atoms with Gasteiger partial charge in [0.25, 0.3) is 0 Å². The lowest BCUT2D eigenvalue weighted by atomic mass is 10.1. The van der Waals surface area contributed by atoms with E-state index in [4.69, 9.17) is 12.2 Å². The van der Waals surface area contributed by atoms with Crippen molar-refractivity contribution in [3.05, 3.63) is 64.9 Å². The molecule has 0 saturated heterocycles. The molecular formula is C15H13FN4S. The van der Waals surface area contributed by atoms with E-state index in [1.54, 1.807) is 24.5 Å². The van der Waals surface area contributed by atoms with E-state index in [9.17, 15) is 4.39 Å². The third-order valence-corrected chi connectivity index (χ3v) is 3.67. The molecule has 2 heterocycles. The molecule has 21 heavy (non-hydrogen) atoms. The summed E-state index contributed by atoms with van der Waals surface area (Å²) >= 11 is 5.33. The van der Waals surface area contributed by atoms with E-state index in [1.807, 2.05) is 23.6 Å². The van der Waals surface area contributed by atoms with Gasteiger partial charge in [0.1, 0.15) is 5.82 Å². The summed E-state index contributed by atoms with van der Waals surface area (Å²) in [5.41, 5.74) is 1.88. The van der Waals surface area contributed by atoms with Crippen LogP contribution in [0.1, 0.15) is 18.5 Å². The lowest BCUT2D eigenvalue weighted by Gasteiger charge is -2.16. The van der Waals surface area contributed by atoms with Gasteiger partial charge in [0.05, 0.1) is 6.04 Å². The molecule has 1 N–H and O–H groups in total. The van der Waals surface area contributed by atoms with Gasteiger partial charge in [-0.15, -0.1) is 0 Å². The van der Waals surface area contributed by atoms with Crippen molar-refractivity contribution in [2.45, 2.75) is 13.0 Å². The monoisotopic (exact) mass is 300 g/mol. The normalized spacial score (nSPS) is 12.3. The van der Waals surface area contributed by atoms with Crippen LogP contribution in [0.25, 0.3) is 11.4 Å². The van der Waals surface area contributed by atoms with Crippen LogP contribution in [0.15, 0.2) is 48.8 Å². The number of aromatic amines is 1. The zero-order valence-corrected chi connectivity index (χ0v) is 12.1. The van der Waals surface area contributed by atoms with Crippen LogP contribution in [0.2, 0.25) is 0 Å². The van der Waals surface area contributed by atoms with E-state index >= 15 is 0 Å². The van der Waals surface area contributed by atoms with E-state index in [1.165, 1.54) is 12.1 Å². The van der Waals surface area contributed by atoms with Crippen molar-refractivity contribution in [3.8, 4) is 11.4 Å². The van der Waals surface area contributed by atoms with Gasteiger partial charge in [0, 0.05) is 18.0 Å². The molecule has 3 aromatic rings. The smallest absolute Gasteiger partial charge is 0.196 e. The highest BCUT2D eigenvalue weighted by molar-refractivity contribution is 7.71. The first-order valence-electron chi connectivity index (χ1n) is 6.49. The third kappa shape index (κ3) is 2.62. The Morgan fingerprint density at radius 2 is 1.81 bits per heavy atom. The molecule has 1 unspecified atom stereocenters. The van der Waals surface area contributed by atoms with Gasteiger partial charge in [-0.2, -0.15) is 5.10 Å². The first-order valence-corrected chi connectivity index (χ1v) is 6.90. The van der Waals surface area contributed by atoms with Gasteiger partial charge in [0.2, 0.25) is 0 Å². The van der Waals surface area contributed by atoms with Crippen molar-refractivity contribution < 1.29 is 4.39 Å².